The molecule has 0 radical (unpaired) electrons. The highest BCUT2D eigenvalue weighted by molar-refractivity contribution is 9.08. The van der Waals surface area contributed by atoms with Gasteiger partial charge in [-0.3, -0.25) is 4.79 Å². The van der Waals surface area contributed by atoms with E-state index in [0.717, 1.165) is 16.5 Å². The van der Waals surface area contributed by atoms with E-state index in [1.54, 1.807) is 12.1 Å². The van der Waals surface area contributed by atoms with Crippen LogP contribution < -0.4 is 9.64 Å². The van der Waals surface area contributed by atoms with Crippen molar-refractivity contribution in [3.8, 4) is 11.5 Å². The predicted octanol–water partition coefficient (Wildman–Crippen LogP) is 7.36. The lowest BCUT2D eigenvalue weighted by molar-refractivity contribution is -0.131. The highest BCUT2D eigenvalue weighted by Gasteiger charge is 2.49. The Morgan fingerprint density at radius 1 is 0.875 bits per heavy atom. The maximum absolute atomic E-state index is 13.6. The predicted molar refractivity (Wildman–Crippen MR) is 152 cm³/mol. The first-order valence-electron chi connectivity index (χ1n) is 13.0. The van der Waals surface area contributed by atoms with Gasteiger partial charge in [-0.2, -0.15) is 0 Å². The maximum atomic E-state index is 13.6. The molecule has 1 heterocycles. The first-order valence-corrected chi connectivity index (χ1v) is 14.1. The molecule has 0 aliphatic carbocycles. The van der Waals surface area contributed by atoms with Gasteiger partial charge in [-0.15, -0.1) is 0 Å². The van der Waals surface area contributed by atoms with Gasteiger partial charge in [-0.1, -0.05) is 52.3 Å². The first-order chi connectivity index (χ1) is 19.3. The number of halogens is 3. The van der Waals surface area contributed by atoms with Crippen LogP contribution in [-0.2, 0) is 16.7 Å². The van der Waals surface area contributed by atoms with Gasteiger partial charge in [-0.25, -0.2) is 8.78 Å². The summed E-state index contributed by atoms with van der Waals surface area (Å²) in [5, 5.41) is 22.4. The fraction of sp³-hybridized carbons (Fsp3) is 0.219. The summed E-state index contributed by atoms with van der Waals surface area (Å²) in [6, 6.07) is 23.7. The van der Waals surface area contributed by atoms with Gasteiger partial charge < -0.3 is 19.8 Å². The van der Waals surface area contributed by atoms with E-state index in [9.17, 15) is 23.8 Å². The number of aliphatic hydroxyl groups excluding tert-OH is 1. The molecule has 5 nitrogen and oxygen atoms in total. The number of aliphatic hydroxyl groups is 1. The van der Waals surface area contributed by atoms with Gasteiger partial charge in [-0.05, 0) is 78.1 Å². The van der Waals surface area contributed by atoms with E-state index in [2.05, 4.69) is 15.9 Å². The number of nitrogens with zero attached hydrogens (tertiary/aromatic N) is 1. The molecule has 5 rings (SSSR count). The lowest BCUT2D eigenvalue weighted by atomic mass is 9.78. The molecule has 1 fully saturated rings. The minimum atomic E-state index is -0.873. The molecule has 1 aliphatic rings. The molecule has 3 unspecified atom stereocenters. The second-order valence-electron chi connectivity index (χ2n) is 9.84. The minimum Gasteiger partial charge on any atom is -0.507 e. The minimum absolute atomic E-state index is 0.0270. The number of phenols is 1. The van der Waals surface area contributed by atoms with Gasteiger partial charge in [0, 0.05) is 22.6 Å². The van der Waals surface area contributed by atoms with Crippen molar-refractivity contribution in [3.05, 3.63) is 125 Å². The molecule has 8 heteroatoms. The lowest BCUT2D eigenvalue weighted by Crippen LogP contribution is -2.55. The van der Waals surface area contributed by atoms with Gasteiger partial charge in [0.1, 0.15) is 29.7 Å². The Hall–Kier alpha value is -3.75. The molecule has 206 valence electrons. The number of benzene rings is 4. The SMILES string of the molecule is O=C1C(CCC(O)c2ccc(F)cc2)C(c2ccc(OCc3ccc(CBr)cc3)cc2O)N1c1ccc(F)cc1. The van der Waals surface area contributed by atoms with Crippen molar-refractivity contribution in [1.29, 1.82) is 0 Å². The second-order valence-corrected chi connectivity index (χ2v) is 10.4. The van der Waals surface area contributed by atoms with Crippen LogP contribution in [0, 0.1) is 17.6 Å². The average Bonchev–Trinajstić information content (AvgIpc) is 2.96. The van der Waals surface area contributed by atoms with Gasteiger partial charge in [0.05, 0.1) is 18.1 Å². The topological polar surface area (TPSA) is 70.0 Å². The zero-order chi connectivity index (χ0) is 28.2. The summed E-state index contributed by atoms with van der Waals surface area (Å²) in [5.41, 5.74) is 3.75. The Morgan fingerprint density at radius 2 is 1.50 bits per heavy atom. The molecular weight excluding hydrogens is 580 g/mol. The Balaban J connectivity index is 1.34. The zero-order valence-corrected chi connectivity index (χ0v) is 23.1. The highest BCUT2D eigenvalue weighted by atomic mass is 79.9. The summed E-state index contributed by atoms with van der Waals surface area (Å²) in [5.74, 6) is -1.07. The largest absolute Gasteiger partial charge is 0.507 e. The number of carbonyl (C=O) groups is 1. The molecule has 1 amide bonds. The lowest BCUT2D eigenvalue weighted by Gasteiger charge is -2.48. The summed E-state index contributed by atoms with van der Waals surface area (Å²) < 4.78 is 32.8. The number of phenolic OH excluding ortho intramolecular Hbond substituents is 1. The number of hydrogen-bond donors (Lipinski definition) is 2. The highest BCUT2D eigenvalue weighted by Crippen LogP contribution is 2.49. The zero-order valence-electron chi connectivity index (χ0n) is 21.5. The maximum Gasteiger partial charge on any atom is 0.233 e. The van der Waals surface area contributed by atoms with Gasteiger partial charge >= 0.3 is 0 Å². The van der Waals surface area contributed by atoms with Crippen molar-refractivity contribution < 1.29 is 28.5 Å². The number of carbonyl (C=O) groups excluding carboxylic acids is 1. The monoisotopic (exact) mass is 607 g/mol. The molecule has 0 aromatic heterocycles. The molecule has 4 aromatic rings. The first kappa shape index (κ1) is 27.8. The molecule has 0 spiro atoms. The molecule has 0 bridgehead atoms. The molecule has 0 saturated carbocycles. The van der Waals surface area contributed by atoms with Crippen LogP contribution >= 0.6 is 15.9 Å². The molecule has 4 aromatic carbocycles. The number of amides is 1. The normalized spacial score (nSPS) is 17.4. The van der Waals surface area contributed by atoms with Gasteiger partial charge in [0.2, 0.25) is 5.91 Å². The van der Waals surface area contributed by atoms with Crippen molar-refractivity contribution >= 4 is 27.5 Å². The summed E-state index contributed by atoms with van der Waals surface area (Å²) in [6.45, 7) is 0.328. The smallest absolute Gasteiger partial charge is 0.233 e. The molecule has 2 N–H and O–H groups in total. The number of aromatic hydroxyl groups is 1. The van der Waals surface area contributed by atoms with E-state index in [4.69, 9.17) is 4.74 Å². The van der Waals surface area contributed by atoms with Gasteiger partial charge in [0.15, 0.2) is 0 Å². The van der Waals surface area contributed by atoms with Gasteiger partial charge in [0.25, 0.3) is 0 Å². The Bertz CT molecular complexity index is 1460. The average molecular weight is 608 g/mol. The van der Waals surface area contributed by atoms with E-state index in [0.29, 0.717) is 35.6 Å². The van der Waals surface area contributed by atoms with Crippen LogP contribution in [0.4, 0.5) is 14.5 Å². The van der Waals surface area contributed by atoms with Crippen LogP contribution in [0.1, 0.15) is 47.2 Å². The number of anilines is 1. The van der Waals surface area contributed by atoms with Crippen molar-refractivity contribution in [2.75, 3.05) is 4.90 Å². The number of alkyl halides is 1. The van der Waals surface area contributed by atoms with E-state index in [1.807, 2.05) is 24.3 Å². The Labute approximate surface area is 239 Å². The molecule has 1 aliphatic heterocycles. The summed E-state index contributed by atoms with van der Waals surface area (Å²) in [6.07, 6.45) is -0.269. The van der Waals surface area contributed by atoms with Crippen LogP contribution in [0.2, 0.25) is 0 Å². The van der Waals surface area contributed by atoms with E-state index in [-0.39, 0.29) is 18.1 Å². The van der Waals surface area contributed by atoms with E-state index < -0.39 is 29.7 Å². The van der Waals surface area contributed by atoms with Crippen molar-refractivity contribution in [1.82, 2.24) is 0 Å². The fourth-order valence-corrected chi connectivity index (χ4v) is 5.39. The van der Waals surface area contributed by atoms with Crippen molar-refractivity contribution in [2.45, 2.75) is 36.9 Å². The van der Waals surface area contributed by atoms with Crippen molar-refractivity contribution in [3.63, 3.8) is 0 Å². The van der Waals surface area contributed by atoms with Crippen LogP contribution in [-0.4, -0.2) is 16.1 Å². The Kier molecular flexibility index (Phi) is 8.47. The fourth-order valence-electron chi connectivity index (χ4n) is 5.02. The third-order valence-electron chi connectivity index (χ3n) is 7.23. The third kappa shape index (κ3) is 6.03. The number of hydrogen-bond acceptors (Lipinski definition) is 4. The van der Waals surface area contributed by atoms with Crippen LogP contribution in [0.3, 0.4) is 0 Å². The molecular formula is C32H28BrF2NO4. The number of ether oxygens (including phenoxy) is 1. The second kappa shape index (κ2) is 12.2. The van der Waals surface area contributed by atoms with E-state index >= 15 is 0 Å². The summed E-state index contributed by atoms with van der Waals surface area (Å²) >= 11 is 3.43. The summed E-state index contributed by atoms with van der Waals surface area (Å²) in [7, 11) is 0. The van der Waals surface area contributed by atoms with Crippen LogP contribution in [0.25, 0.3) is 0 Å². The summed E-state index contributed by atoms with van der Waals surface area (Å²) in [4.78, 5) is 14.8. The van der Waals surface area contributed by atoms with Crippen LogP contribution in [0.5, 0.6) is 11.5 Å². The standard InChI is InChI=1S/C32H28BrF2NO4/c33-18-20-1-3-21(4-2-20)19-40-26-13-14-27(30(38)17-26)31-28(15-16-29(37)22-5-7-23(34)8-6-22)32(39)36(31)25-11-9-24(35)10-12-25/h1-14,17,28-29,31,37-38H,15-16,18-19H2. The molecule has 40 heavy (non-hydrogen) atoms. The Morgan fingerprint density at radius 3 is 2.12 bits per heavy atom. The van der Waals surface area contributed by atoms with E-state index in [1.165, 1.54) is 59.5 Å². The molecule has 1 saturated heterocycles. The van der Waals surface area contributed by atoms with Crippen LogP contribution in [0.15, 0.2) is 91.0 Å². The van der Waals surface area contributed by atoms with Crippen molar-refractivity contribution in [2.24, 2.45) is 5.92 Å². The molecule has 3 atom stereocenters. The third-order valence-corrected chi connectivity index (χ3v) is 7.88. The number of rotatable bonds is 10. The quantitative estimate of drug-likeness (QED) is 0.146. The number of β-lactam (4-membered cyclic amide) rings is 1.